The maximum atomic E-state index is 12.1. The van der Waals surface area contributed by atoms with E-state index >= 15 is 0 Å². The first kappa shape index (κ1) is 20.2. The summed E-state index contributed by atoms with van der Waals surface area (Å²) in [6, 6.07) is 4.61. The number of nitrogens with one attached hydrogen (secondary N) is 1. The zero-order chi connectivity index (χ0) is 18.8. The molecular weight excluding hydrogens is 360 g/mol. The van der Waals surface area contributed by atoms with E-state index in [9.17, 15) is 16.8 Å². The van der Waals surface area contributed by atoms with Gasteiger partial charge in [0, 0.05) is 31.6 Å². The quantitative estimate of drug-likeness (QED) is 0.769. The lowest BCUT2D eigenvalue weighted by Crippen LogP contribution is -2.37. The van der Waals surface area contributed by atoms with Crippen LogP contribution in [0.3, 0.4) is 0 Å². The number of hydrogen-bond acceptors (Lipinski definition) is 6. The summed E-state index contributed by atoms with van der Waals surface area (Å²) in [5, 5.41) is 3.23. The van der Waals surface area contributed by atoms with Gasteiger partial charge in [-0.05, 0) is 43.5 Å². The maximum absolute atomic E-state index is 12.1. The lowest BCUT2D eigenvalue weighted by Gasteiger charge is -2.27. The van der Waals surface area contributed by atoms with Crippen LogP contribution < -0.4 is 5.32 Å². The van der Waals surface area contributed by atoms with Gasteiger partial charge in [0.15, 0.2) is 19.7 Å². The fourth-order valence-electron chi connectivity index (χ4n) is 3.25. The van der Waals surface area contributed by atoms with Crippen molar-refractivity contribution in [1.29, 1.82) is 0 Å². The molecule has 0 bridgehead atoms. The molecule has 142 valence electrons. The van der Waals surface area contributed by atoms with E-state index in [2.05, 4.69) is 24.1 Å². The summed E-state index contributed by atoms with van der Waals surface area (Å²) in [7, 11) is -6.99. The third-order valence-electron chi connectivity index (χ3n) is 4.41. The molecule has 1 aromatic rings. The highest BCUT2D eigenvalue weighted by Gasteiger charge is 2.25. The Morgan fingerprint density at radius 1 is 1.16 bits per heavy atom. The molecule has 1 atom stereocenters. The Morgan fingerprint density at radius 2 is 1.84 bits per heavy atom. The first-order valence-electron chi connectivity index (χ1n) is 8.50. The van der Waals surface area contributed by atoms with Gasteiger partial charge in [0.05, 0.1) is 15.5 Å². The molecule has 0 spiro atoms. The van der Waals surface area contributed by atoms with Crippen molar-refractivity contribution in [3.63, 3.8) is 0 Å². The Morgan fingerprint density at radius 3 is 2.40 bits per heavy atom. The predicted molar refractivity (Wildman–Crippen MR) is 101 cm³/mol. The average molecular weight is 389 g/mol. The van der Waals surface area contributed by atoms with Crippen molar-refractivity contribution >= 4 is 25.4 Å². The van der Waals surface area contributed by atoms with E-state index in [-0.39, 0.29) is 9.79 Å². The Kier molecular flexibility index (Phi) is 6.17. The van der Waals surface area contributed by atoms with E-state index in [1.54, 1.807) is 6.07 Å². The Labute approximate surface area is 151 Å². The first-order valence-corrected chi connectivity index (χ1v) is 12.3. The van der Waals surface area contributed by atoms with Crippen molar-refractivity contribution in [2.45, 2.75) is 42.5 Å². The third-order valence-corrected chi connectivity index (χ3v) is 6.65. The van der Waals surface area contributed by atoms with Gasteiger partial charge in [-0.1, -0.05) is 13.8 Å². The van der Waals surface area contributed by atoms with Crippen LogP contribution in [0.4, 0.5) is 5.69 Å². The second-order valence-electron chi connectivity index (χ2n) is 7.27. The van der Waals surface area contributed by atoms with Crippen LogP contribution in [0.1, 0.15) is 26.7 Å². The highest BCUT2D eigenvalue weighted by Crippen LogP contribution is 2.26. The molecule has 1 saturated heterocycles. The molecule has 0 saturated carbocycles. The summed E-state index contributed by atoms with van der Waals surface area (Å²) in [6.45, 7) is 7.12. The van der Waals surface area contributed by atoms with Crippen LogP contribution in [0.2, 0.25) is 0 Å². The minimum atomic E-state index is -3.54. The van der Waals surface area contributed by atoms with Gasteiger partial charge in [0.1, 0.15) is 0 Å². The molecule has 1 N–H and O–H groups in total. The lowest BCUT2D eigenvalue weighted by molar-refractivity contribution is 0.234. The molecule has 1 aliphatic rings. The highest BCUT2D eigenvalue weighted by molar-refractivity contribution is 7.91. The number of rotatable bonds is 7. The summed E-state index contributed by atoms with van der Waals surface area (Å²) < 4.78 is 47.6. The second-order valence-corrected chi connectivity index (χ2v) is 11.3. The number of anilines is 1. The molecule has 8 heteroatoms. The number of sulfone groups is 2. The van der Waals surface area contributed by atoms with Crippen molar-refractivity contribution in [2.24, 2.45) is 5.92 Å². The average Bonchev–Trinajstić information content (AvgIpc) is 2.89. The van der Waals surface area contributed by atoms with Crippen LogP contribution in [0.5, 0.6) is 0 Å². The third kappa shape index (κ3) is 5.43. The second kappa shape index (κ2) is 7.63. The van der Waals surface area contributed by atoms with Crippen molar-refractivity contribution in [3.05, 3.63) is 18.2 Å². The van der Waals surface area contributed by atoms with Gasteiger partial charge >= 0.3 is 0 Å². The van der Waals surface area contributed by atoms with E-state index < -0.39 is 19.7 Å². The monoisotopic (exact) mass is 388 g/mol. The minimum absolute atomic E-state index is 0.0146. The molecule has 0 aliphatic carbocycles. The van der Waals surface area contributed by atoms with Gasteiger partial charge in [-0.3, -0.25) is 4.90 Å². The molecule has 1 aliphatic heterocycles. The molecule has 0 unspecified atom stereocenters. The van der Waals surface area contributed by atoms with E-state index in [0.29, 0.717) is 24.2 Å². The molecule has 0 radical (unpaired) electrons. The standard InChI is InChI=1S/C17H28N2O4S2/c1-13(2)12-19-9-5-6-14(19)11-18-16-8-7-15(24(3,20)21)10-17(16)25(4,22)23/h7-8,10,13-14,18H,5-6,9,11-12H2,1-4H3/t14-/m1/s1. The smallest absolute Gasteiger partial charge is 0.177 e. The van der Waals surface area contributed by atoms with E-state index in [1.807, 2.05) is 0 Å². The topological polar surface area (TPSA) is 83.6 Å². The fourth-order valence-corrected chi connectivity index (χ4v) is 4.85. The van der Waals surface area contributed by atoms with Crippen LogP contribution in [-0.4, -0.2) is 59.9 Å². The van der Waals surface area contributed by atoms with E-state index in [0.717, 1.165) is 38.4 Å². The van der Waals surface area contributed by atoms with Crippen LogP contribution in [0, 0.1) is 5.92 Å². The fraction of sp³-hybridized carbons (Fsp3) is 0.647. The summed E-state index contributed by atoms with van der Waals surface area (Å²) in [4.78, 5) is 2.48. The van der Waals surface area contributed by atoms with E-state index in [4.69, 9.17) is 0 Å². The zero-order valence-corrected chi connectivity index (χ0v) is 17.0. The number of hydrogen-bond donors (Lipinski definition) is 1. The predicted octanol–water partition coefficient (Wildman–Crippen LogP) is 2.03. The van der Waals surface area contributed by atoms with Gasteiger partial charge in [0.25, 0.3) is 0 Å². The van der Waals surface area contributed by atoms with Crippen molar-refractivity contribution in [2.75, 3.05) is 37.5 Å². The van der Waals surface area contributed by atoms with Crippen molar-refractivity contribution < 1.29 is 16.8 Å². The van der Waals surface area contributed by atoms with Gasteiger partial charge in [-0.15, -0.1) is 0 Å². The summed E-state index contributed by atoms with van der Waals surface area (Å²) in [6.07, 6.45) is 4.39. The Bertz CT molecular complexity index is 817. The number of nitrogens with zero attached hydrogens (tertiary/aromatic N) is 1. The number of likely N-dealkylation sites (tertiary alicyclic amines) is 1. The molecular formula is C17H28N2O4S2. The molecule has 1 aromatic carbocycles. The SMILES string of the molecule is CC(C)CN1CCC[C@@H]1CNc1ccc(S(C)(=O)=O)cc1S(C)(=O)=O. The minimum Gasteiger partial charge on any atom is -0.382 e. The van der Waals surface area contributed by atoms with Gasteiger partial charge in [0.2, 0.25) is 0 Å². The Hall–Kier alpha value is -1.12. The molecule has 1 heterocycles. The van der Waals surface area contributed by atoms with Gasteiger partial charge in [-0.2, -0.15) is 0 Å². The Balaban J connectivity index is 2.22. The van der Waals surface area contributed by atoms with E-state index in [1.165, 1.54) is 12.1 Å². The first-order chi connectivity index (χ1) is 11.5. The van der Waals surface area contributed by atoms with Crippen LogP contribution in [0.25, 0.3) is 0 Å². The molecule has 1 fully saturated rings. The van der Waals surface area contributed by atoms with Crippen LogP contribution in [0.15, 0.2) is 28.0 Å². The van der Waals surface area contributed by atoms with Crippen LogP contribution >= 0.6 is 0 Å². The normalized spacial score (nSPS) is 19.5. The molecule has 25 heavy (non-hydrogen) atoms. The summed E-state index contributed by atoms with van der Waals surface area (Å²) in [5.41, 5.74) is 0.464. The van der Waals surface area contributed by atoms with Crippen molar-refractivity contribution in [3.8, 4) is 0 Å². The molecule has 6 nitrogen and oxygen atoms in total. The highest BCUT2D eigenvalue weighted by atomic mass is 32.2. The molecule has 0 amide bonds. The van der Waals surface area contributed by atoms with Crippen molar-refractivity contribution in [1.82, 2.24) is 4.90 Å². The largest absolute Gasteiger partial charge is 0.382 e. The molecule has 2 rings (SSSR count). The maximum Gasteiger partial charge on any atom is 0.177 e. The lowest BCUT2D eigenvalue weighted by atomic mass is 10.1. The number of benzene rings is 1. The van der Waals surface area contributed by atoms with Gasteiger partial charge in [-0.25, -0.2) is 16.8 Å². The van der Waals surface area contributed by atoms with Crippen LogP contribution in [-0.2, 0) is 19.7 Å². The zero-order valence-electron chi connectivity index (χ0n) is 15.3. The van der Waals surface area contributed by atoms with Gasteiger partial charge < -0.3 is 5.32 Å². The molecule has 0 aromatic heterocycles. The summed E-state index contributed by atoms with van der Waals surface area (Å²) in [5.74, 6) is 0.584. The summed E-state index contributed by atoms with van der Waals surface area (Å²) >= 11 is 0.